The van der Waals surface area contributed by atoms with Crippen LogP contribution < -0.4 is 15.2 Å². The summed E-state index contributed by atoms with van der Waals surface area (Å²) in [5.74, 6) is 0.579. The van der Waals surface area contributed by atoms with E-state index < -0.39 is 10.0 Å². The second kappa shape index (κ2) is 5.81. The zero-order valence-corrected chi connectivity index (χ0v) is 12.0. The summed E-state index contributed by atoms with van der Waals surface area (Å²) >= 11 is 3.24. The number of nitrogens with two attached hydrogens (primary N) is 1. The van der Waals surface area contributed by atoms with Gasteiger partial charge in [0.05, 0.1) is 16.5 Å². The molecule has 1 atom stereocenters. The fourth-order valence-corrected chi connectivity index (χ4v) is 3.17. The molecule has 0 saturated carbocycles. The molecule has 0 aliphatic rings. The van der Waals surface area contributed by atoms with Gasteiger partial charge in [-0.3, -0.25) is 0 Å². The first kappa shape index (κ1) is 14.4. The van der Waals surface area contributed by atoms with Crippen molar-refractivity contribution in [3.05, 3.63) is 22.7 Å². The maximum atomic E-state index is 11.9. The van der Waals surface area contributed by atoms with Crippen molar-refractivity contribution in [2.75, 3.05) is 13.7 Å². The summed E-state index contributed by atoms with van der Waals surface area (Å²) in [6.45, 7) is 1.95. The number of halogens is 1. The fraction of sp³-hybridized carbons (Fsp3) is 0.400. The minimum absolute atomic E-state index is 0.172. The van der Waals surface area contributed by atoms with Gasteiger partial charge >= 0.3 is 0 Å². The Labute approximate surface area is 110 Å². The smallest absolute Gasteiger partial charge is 0.240 e. The molecule has 0 aliphatic heterocycles. The Morgan fingerprint density at radius 3 is 2.65 bits per heavy atom. The molecular formula is C10H15BrN2O3S. The molecule has 0 radical (unpaired) electrons. The fourth-order valence-electron chi connectivity index (χ4n) is 1.20. The average molecular weight is 323 g/mol. The van der Waals surface area contributed by atoms with Gasteiger partial charge in [-0.1, -0.05) is 0 Å². The standard InChI is InChI=1S/C10H15BrN2O3S/c1-7(6-12)13-17(14,15)8-3-4-10(16-2)9(11)5-8/h3-5,7,13H,6,12H2,1-2H3. The lowest BCUT2D eigenvalue weighted by atomic mass is 10.3. The Bertz CT molecular complexity index is 490. The van der Waals surface area contributed by atoms with E-state index in [2.05, 4.69) is 20.7 Å². The van der Waals surface area contributed by atoms with Gasteiger partial charge in [-0.05, 0) is 41.1 Å². The number of ether oxygens (including phenoxy) is 1. The van der Waals surface area contributed by atoms with Crippen molar-refractivity contribution in [3.63, 3.8) is 0 Å². The summed E-state index contributed by atoms with van der Waals surface area (Å²) in [5, 5.41) is 0. The zero-order chi connectivity index (χ0) is 13.1. The van der Waals surface area contributed by atoms with Crippen molar-refractivity contribution in [1.82, 2.24) is 4.72 Å². The highest BCUT2D eigenvalue weighted by Crippen LogP contribution is 2.27. The molecule has 1 rings (SSSR count). The van der Waals surface area contributed by atoms with E-state index in [1.165, 1.54) is 19.2 Å². The molecule has 0 aromatic heterocycles. The van der Waals surface area contributed by atoms with E-state index in [1.807, 2.05) is 0 Å². The maximum absolute atomic E-state index is 11.9. The zero-order valence-electron chi connectivity index (χ0n) is 9.60. The van der Waals surface area contributed by atoms with Crippen molar-refractivity contribution in [2.45, 2.75) is 17.9 Å². The van der Waals surface area contributed by atoms with Gasteiger partial charge in [0.2, 0.25) is 10.0 Å². The molecule has 0 spiro atoms. The van der Waals surface area contributed by atoms with E-state index in [1.54, 1.807) is 13.0 Å². The van der Waals surface area contributed by atoms with E-state index in [0.717, 1.165) is 0 Å². The highest BCUT2D eigenvalue weighted by Gasteiger charge is 2.17. The van der Waals surface area contributed by atoms with Crippen LogP contribution in [0, 0.1) is 0 Å². The third kappa shape index (κ3) is 3.67. The molecule has 1 aromatic carbocycles. The number of nitrogens with one attached hydrogen (secondary N) is 1. The summed E-state index contributed by atoms with van der Waals surface area (Å²) < 4.78 is 31.9. The molecule has 0 aliphatic carbocycles. The number of hydrogen-bond donors (Lipinski definition) is 2. The average Bonchev–Trinajstić information content (AvgIpc) is 2.28. The van der Waals surface area contributed by atoms with Crippen molar-refractivity contribution in [3.8, 4) is 5.75 Å². The number of hydrogen-bond acceptors (Lipinski definition) is 4. The molecule has 0 saturated heterocycles. The third-order valence-electron chi connectivity index (χ3n) is 2.14. The Hall–Kier alpha value is -0.630. The van der Waals surface area contributed by atoms with E-state index in [4.69, 9.17) is 10.5 Å². The first-order chi connectivity index (χ1) is 7.90. The molecule has 0 bridgehead atoms. The van der Waals surface area contributed by atoms with Gasteiger partial charge in [0.15, 0.2) is 0 Å². The summed E-state index contributed by atoms with van der Waals surface area (Å²) in [5.41, 5.74) is 5.38. The van der Waals surface area contributed by atoms with E-state index in [0.29, 0.717) is 10.2 Å². The van der Waals surface area contributed by atoms with Crippen molar-refractivity contribution >= 4 is 26.0 Å². The van der Waals surface area contributed by atoms with E-state index in [-0.39, 0.29) is 17.5 Å². The number of sulfonamides is 1. The van der Waals surface area contributed by atoms with Crippen LogP contribution in [-0.2, 0) is 10.0 Å². The summed E-state index contributed by atoms with van der Waals surface area (Å²) in [6, 6.07) is 4.26. The molecule has 96 valence electrons. The van der Waals surface area contributed by atoms with Crippen LogP contribution in [0.2, 0.25) is 0 Å². The van der Waals surface area contributed by atoms with Crippen LogP contribution in [0.25, 0.3) is 0 Å². The predicted octanol–water partition coefficient (Wildman–Crippen LogP) is 1.08. The topological polar surface area (TPSA) is 81.4 Å². The van der Waals surface area contributed by atoms with Gasteiger partial charge in [-0.15, -0.1) is 0 Å². The SMILES string of the molecule is COc1ccc(S(=O)(=O)NC(C)CN)cc1Br. The summed E-state index contributed by atoms with van der Waals surface area (Å²) in [4.78, 5) is 0.172. The van der Waals surface area contributed by atoms with Crippen LogP contribution in [-0.4, -0.2) is 28.1 Å². The first-order valence-corrected chi connectivity index (χ1v) is 7.24. The van der Waals surface area contributed by atoms with E-state index >= 15 is 0 Å². The van der Waals surface area contributed by atoms with Gasteiger partial charge in [0.25, 0.3) is 0 Å². The molecule has 5 nitrogen and oxygen atoms in total. The van der Waals surface area contributed by atoms with Crippen LogP contribution in [0.15, 0.2) is 27.6 Å². The van der Waals surface area contributed by atoms with Crippen molar-refractivity contribution < 1.29 is 13.2 Å². The number of methoxy groups -OCH3 is 1. The molecule has 17 heavy (non-hydrogen) atoms. The van der Waals surface area contributed by atoms with Gasteiger partial charge in [-0.2, -0.15) is 0 Å². The Balaban J connectivity index is 3.04. The number of benzene rings is 1. The monoisotopic (exact) mass is 322 g/mol. The maximum Gasteiger partial charge on any atom is 0.240 e. The van der Waals surface area contributed by atoms with Crippen LogP contribution in [0.5, 0.6) is 5.75 Å². The second-order valence-corrected chi connectivity index (χ2v) is 6.12. The van der Waals surface area contributed by atoms with Crippen LogP contribution in [0.1, 0.15) is 6.92 Å². The lowest BCUT2D eigenvalue weighted by Crippen LogP contribution is -2.37. The normalized spacial score (nSPS) is 13.4. The van der Waals surface area contributed by atoms with Gasteiger partial charge in [-0.25, -0.2) is 13.1 Å². The minimum Gasteiger partial charge on any atom is -0.496 e. The molecule has 0 heterocycles. The molecule has 7 heteroatoms. The van der Waals surface area contributed by atoms with Crippen LogP contribution in [0.3, 0.4) is 0 Å². The highest BCUT2D eigenvalue weighted by molar-refractivity contribution is 9.10. The van der Waals surface area contributed by atoms with Crippen LogP contribution >= 0.6 is 15.9 Å². The Morgan fingerprint density at radius 1 is 1.53 bits per heavy atom. The lowest BCUT2D eigenvalue weighted by molar-refractivity contribution is 0.411. The molecule has 1 aromatic rings. The molecular weight excluding hydrogens is 308 g/mol. The van der Waals surface area contributed by atoms with Crippen LogP contribution in [0.4, 0.5) is 0 Å². The third-order valence-corrected chi connectivity index (χ3v) is 4.35. The van der Waals surface area contributed by atoms with E-state index in [9.17, 15) is 8.42 Å². The molecule has 0 amide bonds. The Morgan fingerprint density at radius 2 is 2.18 bits per heavy atom. The van der Waals surface area contributed by atoms with Crippen molar-refractivity contribution in [1.29, 1.82) is 0 Å². The lowest BCUT2D eigenvalue weighted by Gasteiger charge is -2.12. The van der Waals surface area contributed by atoms with Gasteiger partial charge in [0.1, 0.15) is 5.75 Å². The highest BCUT2D eigenvalue weighted by atomic mass is 79.9. The molecule has 3 N–H and O–H groups in total. The molecule has 0 fully saturated rings. The van der Waals surface area contributed by atoms with Gasteiger partial charge in [0, 0.05) is 12.6 Å². The van der Waals surface area contributed by atoms with Gasteiger partial charge < -0.3 is 10.5 Å². The quantitative estimate of drug-likeness (QED) is 0.850. The van der Waals surface area contributed by atoms with Crippen molar-refractivity contribution in [2.24, 2.45) is 5.73 Å². The second-order valence-electron chi connectivity index (χ2n) is 3.55. The molecule has 1 unspecified atom stereocenters. The number of rotatable bonds is 5. The first-order valence-electron chi connectivity index (χ1n) is 4.96. The predicted molar refractivity (Wildman–Crippen MR) is 69.5 cm³/mol. The Kier molecular flexibility index (Phi) is 4.93. The largest absolute Gasteiger partial charge is 0.496 e. The minimum atomic E-state index is -3.53. The summed E-state index contributed by atoms with van der Waals surface area (Å²) in [6.07, 6.45) is 0. The summed E-state index contributed by atoms with van der Waals surface area (Å²) in [7, 11) is -2.02.